The average molecular weight is 333 g/mol. The van der Waals surface area contributed by atoms with E-state index in [0.29, 0.717) is 5.56 Å². The van der Waals surface area contributed by atoms with Gasteiger partial charge in [0.2, 0.25) is 0 Å². The molecule has 0 radical (unpaired) electrons. The minimum atomic E-state index is 0.607. The zero-order valence-electron chi connectivity index (χ0n) is 13.5. The Morgan fingerprint density at radius 3 is 2.79 bits per heavy atom. The second-order valence-electron chi connectivity index (χ2n) is 6.35. The first-order valence-electron chi connectivity index (χ1n) is 8.43. The molecule has 2 aromatic heterocycles. The molecule has 0 amide bonds. The minimum absolute atomic E-state index is 0.607. The highest BCUT2D eigenvalue weighted by Gasteiger charge is 2.12. The number of fused-ring (bicyclic) bond motifs is 1. The number of hydrogen-bond donors (Lipinski definition) is 0. The van der Waals surface area contributed by atoms with E-state index in [9.17, 15) is 0 Å². The van der Waals surface area contributed by atoms with Gasteiger partial charge in [-0.1, -0.05) is 18.6 Å². The number of thiophene rings is 1. The molecule has 3 heterocycles. The van der Waals surface area contributed by atoms with E-state index in [1.165, 1.54) is 47.7 Å². The van der Waals surface area contributed by atoms with Gasteiger partial charge in [-0.25, -0.2) is 0 Å². The Kier molecular flexibility index (Phi) is 4.29. The zero-order chi connectivity index (χ0) is 16.4. The van der Waals surface area contributed by atoms with Gasteiger partial charge in [-0.15, -0.1) is 11.3 Å². The predicted molar refractivity (Wildman–Crippen MR) is 98.9 cm³/mol. The smallest absolute Gasteiger partial charge is 0.101 e. The molecular formula is C20H19N3S. The number of pyridine rings is 1. The van der Waals surface area contributed by atoms with Gasteiger partial charge in [-0.3, -0.25) is 9.88 Å². The van der Waals surface area contributed by atoms with Crippen LogP contribution in [0.2, 0.25) is 0 Å². The third-order valence-electron chi connectivity index (χ3n) is 4.59. The van der Waals surface area contributed by atoms with Crippen LogP contribution < -0.4 is 0 Å². The first-order valence-corrected chi connectivity index (χ1v) is 9.25. The number of rotatable bonds is 3. The lowest BCUT2D eigenvalue weighted by Gasteiger charge is -2.25. The molecule has 1 saturated heterocycles. The van der Waals surface area contributed by atoms with Crippen molar-refractivity contribution in [1.82, 2.24) is 9.88 Å². The number of nitriles is 1. The van der Waals surface area contributed by atoms with Crippen LogP contribution in [-0.2, 0) is 6.54 Å². The van der Waals surface area contributed by atoms with E-state index in [2.05, 4.69) is 46.3 Å². The van der Waals surface area contributed by atoms with Crippen LogP contribution in [0.3, 0.4) is 0 Å². The van der Waals surface area contributed by atoms with Gasteiger partial charge in [0.1, 0.15) is 6.07 Å². The SMILES string of the molecule is N#Cc1cnc2cc(-c3ccc(CN4CCCCC4)s3)ccc2c1. The van der Waals surface area contributed by atoms with Crippen LogP contribution in [0.4, 0.5) is 0 Å². The number of nitrogens with zero attached hydrogens (tertiary/aromatic N) is 3. The monoisotopic (exact) mass is 333 g/mol. The van der Waals surface area contributed by atoms with Gasteiger partial charge in [-0.2, -0.15) is 5.26 Å². The molecular weight excluding hydrogens is 314 g/mol. The summed E-state index contributed by atoms with van der Waals surface area (Å²) in [6, 6.07) is 14.8. The van der Waals surface area contributed by atoms with Crippen molar-refractivity contribution in [2.24, 2.45) is 0 Å². The second kappa shape index (κ2) is 6.72. The summed E-state index contributed by atoms with van der Waals surface area (Å²) in [6.45, 7) is 3.53. The van der Waals surface area contributed by atoms with Gasteiger partial charge in [0.15, 0.2) is 0 Å². The van der Waals surface area contributed by atoms with Gasteiger partial charge in [0.25, 0.3) is 0 Å². The van der Waals surface area contributed by atoms with Crippen molar-refractivity contribution in [3.8, 4) is 16.5 Å². The summed E-state index contributed by atoms with van der Waals surface area (Å²) in [5.74, 6) is 0. The molecule has 0 aliphatic carbocycles. The van der Waals surface area contributed by atoms with E-state index in [0.717, 1.165) is 17.4 Å². The number of hydrogen-bond acceptors (Lipinski definition) is 4. The quantitative estimate of drug-likeness (QED) is 0.690. The van der Waals surface area contributed by atoms with E-state index in [4.69, 9.17) is 5.26 Å². The van der Waals surface area contributed by atoms with Crippen molar-refractivity contribution < 1.29 is 0 Å². The normalized spacial score (nSPS) is 15.5. The van der Waals surface area contributed by atoms with E-state index < -0.39 is 0 Å². The summed E-state index contributed by atoms with van der Waals surface area (Å²) >= 11 is 1.87. The fraction of sp³-hybridized carbons (Fsp3) is 0.300. The summed E-state index contributed by atoms with van der Waals surface area (Å²) in [5.41, 5.74) is 2.75. The molecule has 3 aromatic rings. The molecule has 0 unspecified atom stereocenters. The highest BCUT2D eigenvalue weighted by Crippen LogP contribution is 2.31. The Labute approximate surface area is 146 Å². The Hall–Kier alpha value is -2.22. The Bertz CT molecular complexity index is 901. The zero-order valence-corrected chi connectivity index (χ0v) is 14.4. The standard InChI is InChI=1S/C20H19N3S/c21-12-15-10-16-4-5-17(11-19(16)22-13-15)20-7-6-18(24-20)14-23-8-2-1-3-9-23/h4-7,10-11,13H,1-3,8-9,14H2. The van der Waals surface area contributed by atoms with E-state index >= 15 is 0 Å². The molecule has 4 rings (SSSR count). The van der Waals surface area contributed by atoms with Crippen molar-refractivity contribution in [3.63, 3.8) is 0 Å². The van der Waals surface area contributed by atoms with Crippen LogP contribution in [0.25, 0.3) is 21.3 Å². The molecule has 1 fully saturated rings. The fourth-order valence-corrected chi connectivity index (χ4v) is 4.34. The summed E-state index contributed by atoms with van der Waals surface area (Å²) < 4.78 is 0. The Morgan fingerprint density at radius 1 is 1.08 bits per heavy atom. The molecule has 24 heavy (non-hydrogen) atoms. The maximum atomic E-state index is 8.97. The molecule has 4 heteroatoms. The highest BCUT2D eigenvalue weighted by molar-refractivity contribution is 7.15. The minimum Gasteiger partial charge on any atom is -0.298 e. The van der Waals surface area contributed by atoms with Crippen LogP contribution in [0.15, 0.2) is 42.6 Å². The Morgan fingerprint density at radius 2 is 1.96 bits per heavy atom. The lowest BCUT2D eigenvalue weighted by Crippen LogP contribution is -2.28. The first kappa shape index (κ1) is 15.3. The molecule has 1 aromatic carbocycles. The van der Waals surface area contributed by atoms with E-state index in [-0.39, 0.29) is 0 Å². The van der Waals surface area contributed by atoms with Crippen molar-refractivity contribution in [2.75, 3.05) is 13.1 Å². The Balaban J connectivity index is 1.57. The number of piperidine rings is 1. The molecule has 0 N–H and O–H groups in total. The second-order valence-corrected chi connectivity index (χ2v) is 7.51. The third kappa shape index (κ3) is 3.19. The van der Waals surface area contributed by atoms with Crippen LogP contribution in [0, 0.1) is 11.3 Å². The van der Waals surface area contributed by atoms with Gasteiger partial charge < -0.3 is 0 Å². The van der Waals surface area contributed by atoms with Crippen molar-refractivity contribution >= 4 is 22.2 Å². The van der Waals surface area contributed by atoms with Gasteiger partial charge in [0, 0.05) is 27.9 Å². The van der Waals surface area contributed by atoms with E-state index in [1.807, 2.05) is 17.4 Å². The topological polar surface area (TPSA) is 39.9 Å². The molecule has 1 aliphatic rings. The maximum absolute atomic E-state index is 8.97. The maximum Gasteiger partial charge on any atom is 0.101 e. The van der Waals surface area contributed by atoms with Crippen molar-refractivity contribution in [1.29, 1.82) is 5.26 Å². The number of aromatic nitrogens is 1. The van der Waals surface area contributed by atoms with Crippen LogP contribution in [-0.4, -0.2) is 23.0 Å². The van der Waals surface area contributed by atoms with Gasteiger partial charge in [-0.05, 0) is 55.8 Å². The third-order valence-corrected chi connectivity index (χ3v) is 5.71. The van der Waals surface area contributed by atoms with Crippen molar-refractivity contribution in [2.45, 2.75) is 25.8 Å². The molecule has 0 spiro atoms. The summed E-state index contributed by atoms with van der Waals surface area (Å²) in [6.07, 6.45) is 5.69. The van der Waals surface area contributed by atoms with Gasteiger partial charge >= 0.3 is 0 Å². The highest BCUT2D eigenvalue weighted by atomic mass is 32.1. The average Bonchev–Trinajstić information content (AvgIpc) is 3.10. The molecule has 3 nitrogen and oxygen atoms in total. The van der Waals surface area contributed by atoms with Crippen LogP contribution >= 0.6 is 11.3 Å². The fourth-order valence-electron chi connectivity index (χ4n) is 3.29. The molecule has 0 atom stereocenters. The van der Waals surface area contributed by atoms with Crippen LogP contribution in [0.5, 0.6) is 0 Å². The number of likely N-dealkylation sites (tertiary alicyclic amines) is 1. The molecule has 1 aliphatic heterocycles. The summed E-state index contributed by atoms with van der Waals surface area (Å²) in [5, 5.41) is 9.99. The van der Waals surface area contributed by atoms with Gasteiger partial charge in [0.05, 0.1) is 11.1 Å². The summed E-state index contributed by atoms with van der Waals surface area (Å²) in [7, 11) is 0. The predicted octanol–water partition coefficient (Wildman–Crippen LogP) is 4.82. The van der Waals surface area contributed by atoms with E-state index in [1.54, 1.807) is 6.20 Å². The molecule has 0 saturated carbocycles. The first-order chi connectivity index (χ1) is 11.8. The lowest BCUT2D eigenvalue weighted by atomic mass is 10.1. The van der Waals surface area contributed by atoms with Crippen molar-refractivity contribution in [3.05, 3.63) is 53.0 Å². The molecule has 0 bridgehead atoms. The summed E-state index contributed by atoms with van der Waals surface area (Å²) in [4.78, 5) is 9.69. The largest absolute Gasteiger partial charge is 0.298 e. The lowest BCUT2D eigenvalue weighted by molar-refractivity contribution is 0.222. The molecule has 120 valence electrons. The number of benzene rings is 1. The van der Waals surface area contributed by atoms with Crippen LogP contribution in [0.1, 0.15) is 29.7 Å².